The van der Waals surface area contributed by atoms with Crippen molar-refractivity contribution >= 4 is 21.4 Å². The summed E-state index contributed by atoms with van der Waals surface area (Å²) in [6.07, 6.45) is 2.37. The highest BCUT2D eigenvalue weighted by Gasteiger charge is 2.29. The molecule has 0 amide bonds. The fourth-order valence-electron chi connectivity index (χ4n) is 2.09. The molecule has 5 nitrogen and oxygen atoms in total. The van der Waals surface area contributed by atoms with Gasteiger partial charge < -0.3 is 10.6 Å². The third kappa shape index (κ3) is 2.44. The zero-order valence-electron chi connectivity index (χ0n) is 10.7. The number of benzene rings is 1. The first-order valence-corrected chi connectivity index (χ1v) is 7.57. The molecule has 0 aliphatic heterocycles. The fourth-order valence-corrected chi connectivity index (χ4v) is 2.86. The molecule has 18 heavy (non-hydrogen) atoms. The van der Waals surface area contributed by atoms with Gasteiger partial charge in [-0.05, 0) is 45.0 Å². The second-order valence-corrected chi connectivity index (χ2v) is 6.33. The van der Waals surface area contributed by atoms with E-state index in [9.17, 15) is 8.42 Å². The molecule has 0 atom stereocenters. The van der Waals surface area contributed by atoms with Gasteiger partial charge in [0.1, 0.15) is 0 Å². The van der Waals surface area contributed by atoms with Crippen LogP contribution in [0.25, 0.3) is 0 Å². The van der Waals surface area contributed by atoms with Crippen molar-refractivity contribution in [1.29, 1.82) is 0 Å². The van der Waals surface area contributed by atoms with Gasteiger partial charge in [0.05, 0.1) is 16.3 Å². The van der Waals surface area contributed by atoms with Gasteiger partial charge in [0, 0.05) is 12.6 Å². The van der Waals surface area contributed by atoms with E-state index in [4.69, 9.17) is 5.73 Å². The Morgan fingerprint density at radius 3 is 2.56 bits per heavy atom. The molecule has 0 unspecified atom stereocenters. The second kappa shape index (κ2) is 4.78. The summed E-state index contributed by atoms with van der Waals surface area (Å²) in [4.78, 5) is 2.43. The Balaban J connectivity index is 2.35. The summed E-state index contributed by atoms with van der Waals surface area (Å²) >= 11 is 0. The molecule has 0 spiro atoms. The Kier molecular flexibility index (Phi) is 3.49. The lowest BCUT2D eigenvalue weighted by molar-refractivity contribution is 0.588. The molecule has 3 N–H and O–H groups in total. The molecular formula is C12H19N3O2S. The lowest BCUT2D eigenvalue weighted by Crippen LogP contribution is -2.26. The van der Waals surface area contributed by atoms with E-state index in [1.54, 1.807) is 12.1 Å². The van der Waals surface area contributed by atoms with Gasteiger partial charge in [0.25, 0.3) is 0 Å². The van der Waals surface area contributed by atoms with Gasteiger partial charge in [-0.2, -0.15) is 0 Å². The van der Waals surface area contributed by atoms with Gasteiger partial charge in [-0.25, -0.2) is 13.1 Å². The molecule has 0 heterocycles. The molecule has 1 aromatic rings. The molecule has 1 aromatic carbocycles. The number of nitrogen functional groups attached to an aromatic ring is 1. The first-order chi connectivity index (χ1) is 8.49. The molecule has 0 radical (unpaired) electrons. The van der Waals surface area contributed by atoms with Crippen LogP contribution < -0.4 is 15.4 Å². The van der Waals surface area contributed by atoms with E-state index in [2.05, 4.69) is 16.5 Å². The van der Waals surface area contributed by atoms with Gasteiger partial charge in [-0.3, -0.25) is 0 Å². The van der Waals surface area contributed by atoms with Crippen LogP contribution in [0.1, 0.15) is 19.8 Å². The van der Waals surface area contributed by atoms with Gasteiger partial charge in [-0.1, -0.05) is 0 Å². The second-order valence-electron chi connectivity index (χ2n) is 4.45. The summed E-state index contributed by atoms with van der Waals surface area (Å²) in [5, 5.41) is 0. The quantitative estimate of drug-likeness (QED) is 0.787. The summed E-state index contributed by atoms with van der Waals surface area (Å²) in [6, 6.07) is 5.47. The highest BCUT2D eigenvalue weighted by atomic mass is 32.2. The van der Waals surface area contributed by atoms with E-state index in [1.165, 1.54) is 26.0 Å². The molecule has 0 aromatic heterocycles. The maximum Gasteiger partial charge on any atom is 0.240 e. The maximum atomic E-state index is 11.7. The predicted octanol–water partition coefficient (Wildman–Crippen LogP) is 1.17. The van der Waals surface area contributed by atoms with Crippen LogP contribution in [0.5, 0.6) is 0 Å². The highest BCUT2D eigenvalue weighted by molar-refractivity contribution is 7.89. The first kappa shape index (κ1) is 13.2. The maximum absolute atomic E-state index is 11.7. The third-order valence-corrected chi connectivity index (χ3v) is 4.63. The molecule has 6 heteroatoms. The SMILES string of the molecule is CCN(c1ccc(S(=O)(=O)NC)cc1N)C1CC1. The summed E-state index contributed by atoms with van der Waals surface area (Å²) in [5.41, 5.74) is 7.42. The van der Waals surface area contributed by atoms with Crippen LogP contribution in [-0.4, -0.2) is 28.1 Å². The van der Waals surface area contributed by atoms with Crippen LogP contribution in [0.4, 0.5) is 11.4 Å². The van der Waals surface area contributed by atoms with Crippen molar-refractivity contribution in [2.45, 2.75) is 30.7 Å². The molecule has 2 rings (SSSR count). The number of nitrogens with one attached hydrogen (secondary N) is 1. The number of hydrogen-bond acceptors (Lipinski definition) is 4. The van der Waals surface area contributed by atoms with Crippen molar-refractivity contribution in [2.24, 2.45) is 0 Å². The number of hydrogen-bond donors (Lipinski definition) is 2. The molecule has 1 aliphatic carbocycles. The number of rotatable bonds is 5. The van der Waals surface area contributed by atoms with Crippen LogP contribution in [0.2, 0.25) is 0 Å². The van der Waals surface area contributed by atoms with Crippen molar-refractivity contribution in [3.63, 3.8) is 0 Å². The summed E-state index contributed by atoms with van der Waals surface area (Å²) in [6.45, 7) is 2.96. The van der Waals surface area contributed by atoms with Crippen LogP contribution in [0.15, 0.2) is 23.1 Å². The fraction of sp³-hybridized carbons (Fsp3) is 0.500. The average Bonchev–Trinajstić information content (AvgIpc) is 3.16. The third-order valence-electron chi connectivity index (χ3n) is 3.22. The monoisotopic (exact) mass is 269 g/mol. The first-order valence-electron chi connectivity index (χ1n) is 6.09. The highest BCUT2D eigenvalue weighted by Crippen LogP contribution is 2.35. The molecular weight excluding hydrogens is 250 g/mol. The Morgan fingerprint density at radius 2 is 2.11 bits per heavy atom. The Labute approximate surface area is 108 Å². The number of nitrogens with zero attached hydrogens (tertiary/aromatic N) is 1. The van der Waals surface area contributed by atoms with E-state index in [1.807, 2.05) is 0 Å². The van der Waals surface area contributed by atoms with Crippen molar-refractivity contribution in [3.05, 3.63) is 18.2 Å². The van der Waals surface area contributed by atoms with Gasteiger partial charge >= 0.3 is 0 Å². The minimum Gasteiger partial charge on any atom is -0.397 e. The normalized spacial score (nSPS) is 15.7. The Bertz CT molecular complexity index is 538. The lowest BCUT2D eigenvalue weighted by Gasteiger charge is -2.24. The lowest BCUT2D eigenvalue weighted by atomic mass is 10.2. The van der Waals surface area contributed by atoms with Gasteiger partial charge in [0.2, 0.25) is 10.0 Å². The minimum atomic E-state index is -3.42. The van der Waals surface area contributed by atoms with E-state index in [-0.39, 0.29) is 4.90 Å². The predicted molar refractivity (Wildman–Crippen MR) is 73.1 cm³/mol. The van der Waals surface area contributed by atoms with Crippen molar-refractivity contribution in [3.8, 4) is 0 Å². The van der Waals surface area contributed by atoms with Gasteiger partial charge in [-0.15, -0.1) is 0 Å². The topological polar surface area (TPSA) is 75.4 Å². The van der Waals surface area contributed by atoms with Crippen LogP contribution in [0, 0.1) is 0 Å². The van der Waals surface area contributed by atoms with Crippen molar-refractivity contribution in [1.82, 2.24) is 4.72 Å². The zero-order valence-corrected chi connectivity index (χ0v) is 11.5. The summed E-state index contributed by atoms with van der Waals surface area (Å²) in [7, 11) is -2.03. The Morgan fingerprint density at radius 1 is 1.44 bits per heavy atom. The number of nitrogens with two attached hydrogens (primary N) is 1. The van der Waals surface area contributed by atoms with E-state index >= 15 is 0 Å². The average molecular weight is 269 g/mol. The van der Waals surface area contributed by atoms with E-state index in [0.717, 1.165) is 12.2 Å². The molecule has 0 bridgehead atoms. The molecule has 1 fully saturated rings. The van der Waals surface area contributed by atoms with Crippen molar-refractivity contribution < 1.29 is 8.42 Å². The molecule has 1 saturated carbocycles. The zero-order chi connectivity index (χ0) is 13.3. The van der Waals surface area contributed by atoms with Crippen molar-refractivity contribution in [2.75, 3.05) is 24.2 Å². The number of anilines is 2. The van der Waals surface area contributed by atoms with Gasteiger partial charge in [0.15, 0.2) is 0 Å². The van der Waals surface area contributed by atoms with Crippen LogP contribution in [0.3, 0.4) is 0 Å². The Hall–Kier alpha value is -1.27. The number of sulfonamides is 1. The smallest absolute Gasteiger partial charge is 0.240 e. The van der Waals surface area contributed by atoms with Crippen LogP contribution in [-0.2, 0) is 10.0 Å². The summed E-state index contributed by atoms with van der Waals surface area (Å²) < 4.78 is 25.6. The molecule has 1 aliphatic rings. The van der Waals surface area contributed by atoms with E-state index < -0.39 is 10.0 Å². The van der Waals surface area contributed by atoms with Crippen LogP contribution >= 0.6 is 0 Å². The summed E-state index contributed by atoms with van der Waals surface area (Å²) in [5.74, 6) is 0. The van der Waals surface area contributed by atoms with E-state index in [0.29, 0.717) is 11.7 Å². The minimum absolute atomic E-state index is 0.207. The molecule has 100 valence electrons. The largest absolute Gasteiger partial charge is 0.397 e. The standard InChI is InChI=1S/C12H19N3O2S/c1-3-15(9-4-5-9)12-7-6-10(8-11(12)13)18(16,17)14-2/h6-9,14H,3-5,13H2,1-2H3. The molecule has 0 saturated heterocycles.